The molecule has 11 aromatic rings. The Bertz CT molecular complexity index is 4330. The molecule has 256 valence electrons. The predicted molar refractivity (Wildman–Crippen MR) is 232 cm³/mol. The van der Waals surface area contributed by atoms with E-state index in [1.54, 1.807) is 41.7 Å². The second-order valence-electron chi connectivity index (χ2n) is 12.5. The number of nitrogens with zero attached hydrogens (tertiary/aromatic N) is 3. The maximum absolute atomic E-state index is 9.75. The van der Waals surface area contributed by atoms with E-state index in [0.717, 1.165) is 20.2 Å². The first-order chi connectivity index (χ1) is 35.2. The Balaban J connectivity index is 1.21. The smallest absolute Gasteiger partial charge is 0.164 e. The first kappa shape index (κ1) is 17.9. The van der Waals surface area contributed by atoms with Crippen LogP contribution in [0.1, 0.15) is 26.0 Å². The topological polar surface area (TPSA) is 38.7 Å². The number of aromatic nitrogens is 3. The van der Waals surface area contributed by atoms with Crippen molar-refractivity contribution in [1.82, 2.24) is 15.0 Å². The van der Waals surface area contributed by atoms with Crippen molar-refractivity contribution in [3.05, 3.63) is 188 Å². The minimum atomic E-state index is -0.928. The highest BCUT2D eigenvalue weighted by atomic mass is 32.1. The summed E-state index contributed by atoms with van der Waals surface area (Å²) in [5.74, 6) is -0.0379. The van der Waals surface area contributed by atoms with Gasteiger partial charge >= 0.3 is 0 Å². The standard InChI is InChI=1S/C51H31N3S/c1-2-12-32(13-3-1)49-52-50(54-51(53-49)38-25-27-45-44-22-8-9-23-47(44)55-48(45)31-38)37-17-11-16-35(29-37)33-14-10-15-34(28-33)36-24-26-43-41-20-5-4-18-39(41)40-19-6-7-21-42(40)46(43)30-36/h1-31H/i4D,5D,6D,7D,10D,11D,14D,15D,16D,17D,18D,19D,20D,21D,24D,26D,28D,29D,30D. The molecule has 4 heteroatoms. The number of rotatable bonds is 5. The molecule has 0 unspecified atom stereocenters. The van der Waals surface area contributed by atoms with E-state index < -0.39 is 175 Å². The van der Waals surface area contributed by atoms with Crippen LogP contribution in [0.3, 0.4) is 0 Å². The van der Waals surface area contributed by atoms with Gasteiger partial charge in [-0.05, 0) is 84.8 Å². The third kappa shape index (κ3) is 5.46. The lowest BCUT2D eigenvalue weighted by molar-refractivity contribution is 1.07. The maximum atomic E-state index is 9.75. The summed E-state index contributed by atoms with van der Waals surface area (Å²) >= 11 is 1.56. The van der Waals surface area contributed by atoms with E-state index in [4.69, 9.17) is 23.7 Å². The van der Waals surface area contributed by atoms with Gasteiger partial charge in [-0.3, -0.25) is 0 Å². The van der Waals surface area contributed by atoms with Crippen LogP contribution in [0.2, 0.25) is 0 Å². The van der Waals surface area contributed by atoms with Crippen molar-refractivity contribution in [2.75, 3.05) is 0 Å². The van der Waals surface area contributed by atoms with E-state index in [0.29, 0.717) is 11.1 Å². The maximum Gasteiger partial charge on any atom is 0.164 e. The van der Waals surface area contributed by atoms with Gasteiger partial charge in [0.05, 0.1) is 26.0 Å². The number of thiophene rings is 1. The van der Waals surface area contributed by atoms with E-state index in [-0.39, 0.29) is 17.5 Å². The molecule has 0 aliphatic heterocycles. The van der Waals surface area contributed by atoms with Gasteiger partial charge in [-0.25, -0.2) is 15.0 Å². The lowest BCUT2D eigenvalue weighted by atomic mass is 9.91. The zero-order chi connectivity index (χ0) is 52.8. The average molecular weight is 737 g/mol. The molecule has 0 bridgehead atoms. The normalized spacial score (nSPS) is 16.5. The van der Waals surface area contributed by atoms with Crippen LogP contribution in [0.4, 0.5) is 0 Å². The largest absolute Gasteiger partial charge is 0.208 e. The summed E-state index contributed by atoms with van der Waals surface area (Å²) in [5, 5.41) is -0.618. The van der Waals surface area contributed by atoms with Gasteiger partial charge in [0.15, 0.2) is 17.5 Å². The highest BCUT2D eigenvalue weighted by Crippen LogP contribution is 2.39. The molecule has 0 radical (unpaired) electrons. The monoisotopic (exact) mass is 736 g/mol. The van der Waals surface area contributed by atoms with Gasteiger partial charge in [0.25, 0.3) is 0 Å². The molecular formula is C51H31N3S. The fraction of sp³-hybridized carbons (Fsp3) is 0. The average Bonchev–Trinajstić information content (AvgIpc) is 3.79. The second-order valence-corrected chi connectivity index (χ2v) is 13.6. The molecule has 0 spiro atoms. The zero-order valence-corrected chi connectivity index (χ0v) is 29.0. The van der Waals surface area contributed by atoms with Crippen molar-refractivity contribution in [3.8, 4) is 56.4 Å². The Labute approximate surface area is 348 Å². The van der Waals surface area contributed by atoms with E-state index in [9.17, 15) is 12.3 Å². The first-order valence-corrected chi connectivity index (χ1v) is 17.8. The molecule has 2 heterocycles. The summed E-state index contributed by atoms with van der Waals surface area (Å²) < 4.78 is 175. The molecule has 0 amide bonds. The van der Waals surface area contributed by atoms with Gasteiger partial charge in [-0.2, -0.15) is 0 Å². The van der Waals surface area contributed by atoms with Gasteiger partial charge < -0.3 is 0 Å². The van der Waals surface area contributed by atoms with Crippen molar-refractivity contribution in [1.29, 1.82) is 0 Å². The van der Waals surface area contributed by atoms with Crippen molar-refractivity contribution in [3.63, 3.8) is 0 Å². The summed E-state index contributed by atoms with van der Waals surface area (Å²) in [6, 6.07) is 7.10. The van der Waals surface area contributed by atoms with Crippen LogP contribution in [-0.2, 0) is 0 Å². The minimum absolute atomic E-state index is 0.120. The van der Waals surface area contributed by atoms with E-state index in [2.05, 4.69) is 4.98 Å². The van der Waals surface area contributed by atoms with Gasteiger partial charge in [-0.1, -0.05) is 157 Å². The van der Waals surface area contributed by atoms with Crippen LogP contribution in [0.15, 0.2) is 188 Å². The number of benzene rings is 9. The Hall–Kier alpha value is -7.01. The Morgan fingerprint density at radius 2 is 0.836 bits per heavy atom. The van der Waals surface area contributed by atoms with Crippen LogP contribution in [0.5, 0.6) is 0 Å². The fourth-order valence-corrected chi connectivity index (χ4v) is 7.80. The molecule has 55 heavy (non-hydrogen) atoms. The molecule has 0 N–H and O–H groups in total. The molecular weight excluding hydrogens is 687 g/mol. The first-order valence-electron chi connectivity index (χ1n) is 26.5. The minimum Gasteiger partial charge on any atom is -0.208 e. The SMILES string of the molecule is [2H]c1c([2H])c(-c2nc(-c3ccccc3)nc(-c3ccc4c(c3)sc3ccccc34)n2)c([2H])c(-c2c([2H])c([2H])c([2H])c(-c3c([2H])c([2H])c4c5c([2H])c([2H])c([2H])c([2H])c5c5c([2H])c([2H])c([2H])c([2H])c5c4c3[2H])c2[2H])c1[2H]. The fourth-order valence-electron chi connectivity index (χ4n) is 6.65. The lowest BCUT2D eigenvalue weighted by Crippen LogP contribution is -2.00. The summed E-state index contributed by atoms with van der Waals surface area (Å²) in [6.45, 7) is 0. The molecule has 0 aliphatic carbocycles. The van der Waals surface area contributed by atoms with Gasteiger partial charge in [0, 0.05) is 36.9 Å². The quantitative estimate of drug-likeness (QED) is 0.165. The molecule has 0 aliphatic rings. The van der Waals surface area contributed by atoms with Gasteiger partial charge in [-0.15, -0.1) is 11.3 Å². The summed E-state index contributed by atoms with van der Waals surface area (Å²) in [5.41, 5.74) is -2.12. The van der Waals surface area contributed by atoms with Crippen molar-refractivity contribution in [2.24, 2.45) is 0 Å². The third-order valence-corrected chi connectivity index (χ3v) is 10.3. The molecule has 0 fully saturated rings. The molecule has 2 aromatic heterocycles. The Kier molecular flexibility index (Phi) is 4.17. The lowest BCUT2D eigenvalue weighted by Gasteiger charge is -2.13. The van der Waals surface area contributed by atoms with Gasteiger partial charge in [0.2, 0.25) is 0 Å². The number of hydrogen-bond donors (Lipinski definition) is 0. The van der Waals surface area contributed by atoms with Gasteiger partial charge in [0.1, 0.15) is 0 Å². The van der Waals surface area contributed by atoms with Crippen LogP contribution in [-0.4, -0.2) is 15.0 Å². The van der Waals surface area contributed by atoms with E-state index in [1.165, 1.54) is 0 Å². The van der Waals surface area contributed by atoms with Crippen LogP contribution in [0, 0.1) is 0 Å². The van der Waals surface area contributed by atoms with Crippen molar-refractivity contribution >= 4 is 63.8 Å². The number of hydrogen-bond acceptors (Lipinski definition) is 4. The van der Waals surface area contributed by atoms with E-state index >= 15 is 0 Å². The summed E-state index contributed by atoms with van der Waals surface area (Å²) in [6.07, 6.45) is 0. The summed E-state index contributed by atoms with van der Waals surface area (Å²) in [4.78, 5) is 14.2. The predicted octanol–water partition coefficient (Wildman–Crippen LogP) is 14.0. The Morgan fingerprint density at radius 1 is 0.327 bits per heavy atom. The summed E-state index contributed by atoms with van der Waals surface area (Å²) in [7, 11) is 0. The zero-order valence-electron chi connectivity index (χ0n) is 47.2. The van der Waals surface area contributed by atoms with E-state index in [1.807, 2.05) is 42.5 Å². The highest BCUT2D eigenvalue weighted by molar-refractivity contribution is 7.25. The number of fused-ring (bicyclic) bond motifs is 9. The molecule has 3 nitrogen and oxygen atoms in total. The second kappa shape index (κ2) is 12.8. The highest BCUT2D eigenvalue weighted by Gasteiger charge is 2.15. The van der Waals surface area contributed by atoms with Crippen LogP contribution < -0.4 is 0 Å². The molecule has 0 saturated carbocycles. The molecule has 9 aromatic carbocycles. The third-order valence-electron chi connectivity index (χ3n) is 9.22. The molecule has 0 saturated heterocycles. The van der Waals surface area contributed by atoms with Crippen LogP contribution >= 0.6 is 11.3 Å². The Morgan fingerprint density at radius 3 is 1.53 bits per heavy atom. The molecule has 0 atom stereocenters. The van der Waals surface area contributed by atoms with Crippen molar-refractivity contribution < 1.29 is 26.0 Å². The molecule has 11 rings (SSSR count). The van der Waals surface area contributed by atoms with Crippen molar-refractivity contribution in [2.45, 2.75) is 0 Å². The van der Waals surface area contributed by atoms with Crippen LogP contribution in [0.25, 0.3) is 109 Å².